The van der Waals surface area contributed by atoms with Crippen LogP contribution in [-0.2, 0) is 19.5 Å². The van der Waals surface area contributed by atoms with Crippen LogP contribution < -0.4 is 15.8 Å². The Morgan fingerprint density at radius 2 is 1.73 bits per heavy atom. The van der Waals surface area contributed by atoms with E-state index in [0.29, 0.717) is 6.54 Å². The number of unbranched alkanes of at least 4 members (excludes halogenated alkanes) is 1. The standard InChI is InChI=1S/C29H31ClF3N3O/c30-27-8-2-1-7-23(27)19-35-16-4-3-6-21-9-14-28-25(18-21)26(20-36(28)17-5-15-34)22-10-12-24(13-11-22)37-29(31,32)33/h1-2,7-14,18,20,35H,3-6,15-17,19,34H2. The largest absolute Gasteiger partial charge is 0.573 e. The number of rotatable bonds is 12. The lowest BCUT2D eigenvalue weighted by Crippen LogP contribution is -2.16. The number of ether oxygens (including phenoxy) is 1. The topological polar surface area (TPSA) is 52.2 Å². The van der Waals surface area contributed by atoms with Crippen LogP contribution in [0.1, 0.15) is 30.4 Å². The highest BCUT2D eigenvalue weighted by Gasteiger charge is 2.31. The van der Waals surface area contributed by atoms with E-state index in [1.165, 1.54) is 17.7 Å². The van der Waals surface area contributed by atoms with Crippen molar-refractivity contribution in [1.29, 1.82) is 0 Å². The maximum atomic E-state index is 12.6. The maximum Gasteiger partial charge on any atom is 0.573 e. The molecule has 4 aromatic rings. The molecular formula is C29H31ClF3N3O. The van der Waals surface area contributed by atoms with Gasteiger partial charge in [0.2, 0.25) is 0 Å². The number of aromatic nitrogens is 1. The fourth-order valence-electron chi connectivity index (χ4n) is 4.46. The van der Waals surface area contributed by atoms with Crippen molar-refractivity contribution in [3.05, 3.63) is 89.1 Å². The van der Waals surface area contributed by atoms with E-state index in [-0.39, 0.29) is 5.75 Å². The third kappa shape index (κ3) is 7.51. The minimum absolute atomic E-state index is 0.230. The monoisotopic (exact) mass is 529 g/mol. The lowest BCUT2D eigenvalue weighted by Gasteiger charge is -2.09. The van der Waals surface area contributed by atoms with Crippen molar-refractivity contribution in [2.24, 2.45) is 5.73 Å². The van der Waals surface area contributed by atoms with Crippen molar-refractivity contribution in [2.45, 2.75) is 45.1 Å². The number of alkyl halides is 3. The smallest absolute Gasteiger partial charge is 0.406 e. The Morgan fingerprint density at radius 1 is 0.946 bits per heavy atom. The van der Waals surface area contributed by atoms with Gasteiger partial charge in [0.1, 0.15) is 5.75 Å². The molecule has 4 nitrogen and oxygen atoms in total. The van der Waals surface area contributed by atoms with Gasteiger partial charge in [-0.25, -0.2) is 0 Å². The van der Waals surface area contributed by atoms with Crippen LogP contribution in [0.15, 0.2) is 72.9 Å². The molecule has 1 heterocycles. The summed E-state index contributed by atoms with van der Waals surface area (Å²) in [6, 6.07) is 20.4. The number of hydrogen-bond acceptors (Lipinski definition) is 3. The number of halogens is 4. The summed E-state index contributed by atoms with van der Waals surface area (Å²) in [5.74, 6) is -0.230. The van der Waals surface area contributed by atoms with E-state index in [2.05, 4.69) is 39.0 Å². The van der Waals surface area contributed by atoms with Gasteiger partial charge >= 0.3 is 6.36 Å². The Bertz CT molecular complexity index is 1300. The van der Waals surface area contributed by atoms with Crippen LogP contribution >= 0.6 is 11.6 Å². The molecule has 0 saturated carbocycles. The van der Waals surface area contributed by atoms with Gasteiger partial charge in [-0.1, -0.05) is 48.0 Å². The SMILES string of the molecule is NCCCn1cc(-c2ccc(OC(F)(F)F)cc2)c2cc(CCCCNCc3ccccc3Cl)ccc21. The zero-order valence-electron chi connectivity index (χ0n) is 20.5. The van der Waals surface area contributed by atoms with Crippen LogP contribution in [0.5, 0.6) is 5.75 Å². The second-order valence-corrected chi connectivity index (χ2v) is 9.43. The fraction of sp³-hybridized carbons (Fsp3) is 0.310. The van der Waals surface area contributed by atoms with Crippen LogP contribution in [-0.4, -0.2) is 24.0 Å². The van der Waals surface area contributed by atoms with Gasteiger partial charge in [0.15, 0.2) is 0 Å². The van der Waals surface area contributed by atoms with Crippen molar-refractivity contribution < 1.29 is 17.9 Å². The first-order chi connectivity index (χ1) is 17.8. The number of fused-ring (bicyclic) bond motifs is 1. The molecule has 0 aliphatic rings. The molecule has 0 radical (unpaired) electrons. The summed E-state index contributed by atoms with van der Waals surface area (Å²) in [5.41, 5.74) is 11.0. The number of benzene rings is 3. The van der Waals surface area contributed by atoms with Gasteiger partial charge in [-0.2, -0.15) is 0 Å². The Hall–Kier alpha value is -3.00. The Kier molecular flexibility index (Phi) is 9.14. The van der Waals surface area contributed by atoms with Gasteiger partial charge in [-0.3, -0.25) is 0 Å². The lowest BCUT2D eigenvalue weighted by atomic mass is 10.0. The summed E-state index contributed by atoms with van der Waals surface area (Å²) >= 11 is 6.21. The van der Waals surface area contributed by atoms with Crippen LogP contribution in [0.4, 0.5) is 13.2 Å². The summed E-state index contributed by atoms with van der Waals surface area (Å²) in [7, 11) is 0. The minimum atomic E-state index is -4.71. The van der Waals surface area contributed by atoms with E-state index in [1.54, 1.807) is 12.1 Å². The highest BCUT2D eigenvalue weighted by Crippen LogP contribution is 2.34. The van der Waals surface area contributed by atoms with Gasteiger partial charge < -0.3 is 20.4 Å². The molecule has 1 aromatic heterocycles. The number of nitrogens with zero attached hydrogens (tertiary/aromatic N) is 1. The van der Waals surface area contributed by atoms with Crippen molar-refractivity contribution in [1.82, 2.24) is 9.88 Å². The zero-order valence-corrected chi connectivity index (χ0v) is 21.3. The highest BCUT2D eigenvalue weighted by atomic mass is 35.5. The minimum Gasteiger partial charge on any atom is -0.406 e. The van der Waals surface area contributed by atoms with Crippen LogP contribution in [0.25, 0.3) is 22.0 Å². The van der Waals surface area contributed by atoms with Crippen molar-refractivity contribution in [2.75, 3.05) is 13.1 Å². The Labute approximate surface area is 220 Å². The molecule has 0 fully saturated rings. The second-order valence-electron chi connectivity index (χ2n) is 9.03. The van der Waals surface area contributed by atoms with Crippen molar-refractivity contribution >= 4 is 22.5 Å². The predicted molar refractivity (Wildman–Crippen MR) is 144 cm³/mol. The van der Waals surface area contributed by atoms with Gasteiger partial charge in [-0.15, -0.1) is 13.2 Å². The number of nitrogens with two attached hydrogens (primary N) is 1. The average Bonchev–Trinajstić information content (AvgIpc) is 3.23. The number of aryl methyl sites for hydroxylation is 2. The zero-order chi connectivity index (χ0) is 26.3. The quantitative estimate of drug-likeness (QED) is 0.189. The summed E-state index contributed by atoms with van der Waals surface area (Å²) < 4.78 is 43.9. The first-order valence-electron chi connectivity index (χ1n) is 12.5. The molecule has 4 rings (SSSR count). The molecule has 0 amide bonds. The summed E-state index contributed by atoms with van der Waals surface area (Å²) in [4.78, 5) is 0. The molecule has 8 heteroatoms. The lowest BCUT2D eigenvalue weighted by molar-refractivity contribution is -0.274. The van der Waals surface area contributed by atoms with Gasteiger partial charge in [0.05, 0.1) is 0 Å². The van der Waals surface area contributed by atoms with E-state index >= 15 is 0 Å². The van der Waals surface area contributed by atoms with Crippen molar-refractivity contribution in [3.63, 3.8) is 0 Å². The van der Waals surface area contributed by atoms with Crippen LogP contribution in [0.2, 0.25) is 5.02 Å². The molecule has 196 valence electrons. The highest BCUT2D eigenvalue weighted by molar-refractivity contribution is 6.31. The third-order valence-corrected chi connectivity index (χ3v) is 6.66. The summed E-state index contributed by atoms with van der Waals surface area (Å²) in [6.45, 7) is 3.01. The molecule has 3 N–H and O–H groups in total. The molecule has 0 saturated heterocycles. The number of hydrogen-bond donors (Lipinski definition) is 2. The van der Waals surface area contributed by atoms with E-state index in [0.717, 1.165) is 77.9 Å². The molecule has 37 heavy (non-hydrogen) atoms. The molecule has 3 aromatic carbocycles. The third-order valence-electron chi connectivity index (χ3n) is 6.29. The fourth-order valence-corrected chi connectivity index (χ4v) is 4.66. The molecule has 0 atom stereocenters. The maximum absolute atomic E-state index is 12.6. The van der Waals surface area contributed by atoms with Gasteiger partial charge in [0.25, 0.3) is 0 Å². The van der Waals surface area contributed by atoms with E-state index in [4.69, 9.17) is 17.3 Å². The molecule has 0 aliphatic heterocycles. The molecule has 0 spiro atoms. The van der Waals surface area contributed by atoms with E-state index in [9.17, 15) is 13.2 Å². The molecule has 0 bridgehead atoms. The van der Waals surface area contributed by atoms with Crippen LogP contribution in [0.3, 0.4) is 0 Å². The van der Waals surface area contributed by atoms with Crippen molar-refractivity contribution in [3.8, 4) is 16.9 Å². The second kappa shape index (κ2) is 12.5. The molecule has 0 aliphatic carbocycles. The summed E-state index contributed by atoms with van der Waals surface area (Å²) in [6.07, 6.45) is 1.20. The normalized spacial score (nSPS) is 11.8. The first kappa shape index (κ1) is 27.0. The first-order valence-corrected chi connectivity index (χ1v) is 12.8. The summed E-state index contributed by atoms with van der Waals surface area (Å²) in [5, 5.41) is 5.31. The molecular weight excluding hydrogens is 499 g/mol. The predicted octanol–water partition coefficient (Wildman–Crippen LogP) is 7.32. The van der Waals surface area contributed by atoms with E-state index < -0.39 is 6.36 Å². The van der Waals surface area contributed by atoms with E-state index in [1.807, 2.05) is 24.3 Å². The molecule has 0 unspecified atom stereocenters. The number of nitrogens with one attached hydrogen (secondary N) is 1. The van der Waals surface area contributed by atoms with Gasteiger partial charge in [-0.05, 0) is 85.8 Å². The average molecular weight is 530 g/mol. The Morgan fingerprint density at radius 3 is 2.46 bits per heavy atom. The van der Waals surface area contributed by atoms with Gasteiger partial charge in [0, 0.05) is 40.8 Å². The van der Waals surface area contributed by atoms with Crippen LogP contribution in [0, 0.1) is 0 Å². The Balaban J connectivity index is 1.44.